The number of thioether (sulfide) groups is 1. The van der Waals surface area contributed by atoms with Gasteiger partial charge in [0, 0.05) is 24.6 Å². The maximum Gasteiger partial charge on any atom is 0.269 e. The topological polar surface area (TPSA) is 174 Å². The van der Waals surface area contributed by atoms with E-state index < -0.39 is 68.9 Å². The first kappa shape index (κ1) is 38.0. The van der Waals surface area contributed by atoms with Gasteiger partial charge in [-0.15, -0.1) is 23.4 Å². The number of nitrogens with zero attached hydrogens (tertiary/aromatic N) is 2. The Morgan fingerprint density at radius 3 is 2.38 bits per heavy atom. The van der Waals surface area contributed by atoms with Gasteiger partial charge in [-0.1, -0.05) is 36.5 Å². The molecule has 0 aromatic heterocycles. The molecule has 0 aliphatic carbocycles. The van der Waals surface area contributed by atoms with E-state index >= 15 is 0 Å². The molecule has 2 aliphatic rings. The number of nitrogens with one attached hydrogen (secondary N) is 2. The number of benzene rings is 1. The number of carbonyl (C=O) groups excluding carboxylic acids is 2. The second-order valence-electron chi connectivity index (χ2n) is 11.6. The quantitative estimate of drug-likeness (QED) is 0.110. The summed E-state index contributed by atoms with van der Waals surface area (Å²) in [5, 5.41) is 49.8. The largest absolute Gasteiger partial charge is 0.390 e. The maximum atomic E-state index is 13.4. The summed E-state index contributed by atoms with van der Waals surface area (Å²) in [6, 6.07) is 2.65. The van der Waals surface area contributed by atoms with Crippen molar-refractivity contribution in [2.24, 2.45) is 11.8 Å². The molecular formula is C29H42Cl3N4O8S. The molecular weight excluding hydrogens is 671 g/mol. The molecule has 1 radical (unpaired) electrons. The number of nitro benzene ring substituents is 1. The molecule has 1 aromatic rings. The van der Waals surface area contributed by atoms with Crippen LogP contribution in [0.4, 0.5) is 5.69 Å². The lowest BCUT2D eigenvalue weighted by Crippen LogP contribution is -2.64. The molecule has 2 saturated heterocycles. The number of amides is 2. The Labute approximate surface area is 282 Å². The molecule has 2 fully saturated rings. The number of aliphatic hydroxyl groups excluding tert-OH is 3. The summed E-state index contributed by atoms with van der Waals surface area (Å²) in [7, 11) is 1.90. The lowest BCUT2D eigenvalue weighted by molar-refractivity contribution is -0.384. The Kier molecular flexibility index (Phi) is 14.5. The number of likely N-dealkylation sites (tertiary alicyclic amines) is 1. The fourth-order valence-corrected chi connectivity index (χ4v) is 7.21. The second kappa shape index (κ2) is 17.1. The van der Waals surface area contributed by atoms with Crippen molar-refractivity contribution in [2.45, 2.75) is 91.3 Å². The molecule has 12 nitrogen and oxygen atoms in total. The normalized spacial score (nSPS) is 30.0. The van der Waals surface area contributed by atoms with Crippen molar-refractivity contribution in [3.63, 3.8) is 0 Å². The van der Waals surface area contributed by atoms with Crippen LogP contribution < -0.4 is 10.6 Å². The van der Waals surface area contributed by atoms with Gasteiger partial charge in [0.25, 0.3) is 11.6 Å². The van der Waals surface area contributed by atoms with Gasteiger partial charge in [0.2, 0.25) is 5.91 Å². The van der Waals surface area contributed by atoms with E-state index in [1.165, 1.54) is 42.4 Å². The molecule has 5 N–H and O–H groups in total. The van der Waals surface area contributed by atoms with E-state index in [1.807, 2.05) is 11.9 Å². The third kappa shape index (κ3) is 9.57. The van der Waals surface area contributed by atoms with Gasteiger partial charge in [-0.25, -0.2) is 0 Å². The Bertz CT molecular complexity index is 1150. The van der Waals surface area contributed by atoms with Gasteiger partial charge in [0.1, 0.15) is 17.6 Å². The van der Waals surface area contributed by atoms with E-state index in [1.54, 1.807) is 13.2 Å². The molecule has 0 bridgehead atoms. The summed E-state index contributed by atoms with van der Waals surface area (Å²) >= 11 is 19.2. The zero-order valence-corrected chi connectivity index (χ0v) is 28.5. The van der Waals surface area contributed by atoms with Crippen LogP contribution >= 0.6 is 46.6 Å². The van der Waals surface area contributed by atoms with Gasteiger partial charge < -0.3 is 30.7 Å². The molecule has 1 aromatic carbocycles. The van der Waals surface area contributed by atoms with Crippen LogP contribution in [-0.4, -0.2) is 109 Å². The molecule has 2 aliphatic heterocycles. The van der Waals surface area contributed by atoms with E-state index in [9.17, 15) is 35.0 Å². The predicted octanol–water partition coefficient (Wildman–Crippen LogP) is 2.78. The van der Waals surface area contributed by atoms with E-state index in [0.717, 1.165) is 19.4 Å². The molecule has 2 amide bonds. The number of alkyl halides is 3. The third-order valence-electron chi connectivity index (χ3n) is 8.43. The molecule has 9 unspecified atom stereocenters. The number of aliphatic hydroxyl groups is 3. The first-order valence-electron chi connectivity index (χ1n) is 14.7. The fourth-order valence-electron chi connectivity index (χ4n) is 6.07. The summed E-state index contributed by atoms with van der Waals surface area (Å²) < 4.78 is 6.27. The van der Waals surface area contributed by atoms with E-state index in [4.69, 9.17) is 39.5 Å². The van der Waals surface area contributed by atoms with Crippen LogP contribution in [0.1, 0.15) is 44.8 Å². The molecule has 16 heteroatoms. The van der Waals surface area contributed by atoms with Crippen molar-refractivity contribution in [2.75, 3.05) is 19.8 Å². The lowest BCUT2D eigenvalue weighted by Gasteiger charge is -2.46. The Hall–Kier alpha value is -1.42. The minimum Gasteiger partial charge on any atom is -0.390 e. The Balaban J connectivity index is 1.81. The number of rotatable bonds is 14. The zero-order valence-electron chi connectivity index (χ0n) is 25.5. The molecule has 3 rings (SSSR count). The SMILES string of the molecule is CCCC1CC(C(=O)NC(C(C)Cl)C2OC(SC)C([CH][C@@H](NC(=O)C(Cl)Cl)[C@@H](O)c3ccc([N+](=O)[O-])cc3)C(O)C2O)N(C)C1. The molecule has 2 heterocycles. The molecule has 0 saturated carbocycles. The molecule has 0 spiro atoms. The number of halogens is 3. The minimum absolute atomic E-state index is 0.194. The number of hydrogen-bond donors (Lipinski definition) is 5. The lowest BCUT2D eigenvalue weighted by atomic mass is 9.82. The summed E-state index contributed by atoms with van der Waals surface area (Å²) in [5.41, 5.74) is -0.775. The fraction of sp³-hybridized carbons (Fsp3) is 0.690. The highest BCUT2D eigenvalue weighted by Gasteiger charge is 2.50. The molecule has 45 heavy (non-hydrogen) atoms. The number of nitro groups is 1. The predicted molar refractivity (Wildman–Crippen MR) is 174 cm³/mol. The van der Waals surface area contributed by atoms with Gasteiger partial charge >= 0.3 is 0 Å². The third-order valence-corrected chi connectivity index (χ3v) is 9.99. The Morgan fingerprint density at radius 2 is 1.84 bits per heavy atom. The van der Waals surface area contributed by atoms with Crippen molar-refractivity contribution in [1.29, 1.82) is 0 Å². The monoisotopic (exact) mass is 711 g/mol. The highest BCUT2D eigenvalue weighted by Crippen LogP contribution is 2.38. The van der Waals surface area contributed by atoms with Gasteiger partial charge in [-0.2, -0.15) is 0 Å². The van der Waals surface area contributed by atoms with Crippen LogP contribution in [0.25, 0.3) is 0 Å². The van der Waals surface area contributed by atoms with Crippen LogP contribution in [0.3, 0.4) is 0 Å². The van der Waals surface area contributed by atoms with Crippen molar-refractivity contribution < 1.29 is 34.6 Å². The standard InChI is InChI=1S/C29H42Cl3N4O8S/c1-5-6-15-11-20(35(3)13-15)27(40)34-21(14(2)30)25-24(39)23(38)18(29(44-25)45-4)12-19(33-28(41)26(31)32)22(37)16-7-9-17(10-8-16)36(42)43/h7-10,12,14-15,18-26,29,37-39H,5-6,11,13H2,1-4H3,(H,33,41)(H,34,40)/t14?,15?,18?,19-,20?,21?,22+,23?,24?,25?,29?/m1/s1. The van der Waals surface area contributed by atoms with Gasteiger partial charge in [0.15, 0.2) is 4.84 Å². The van der Waals surface area contributed by atoms with Crippen molar-refractivity contribution >= 4 is 64.1 Å². The van der Waals surface area contributed by atoms with Crippen molar-refractivity contribution in [1.82, 2.24) is 15.5 Å². The smallest absolute Gasteiger partial charge is 0.269 e. The summed E-state index contributed by atoms with van der Waals surface area (Å²) in [4.78, 5) is 36.9. The van der Waals surface area contributed by atoms with Crippen LogP contribution in [0, 0.1) is 28.4 Å². The van der Waals surface area contributed by atoms with Crippen LogP contribution in [0.2, 0.25) is 0 Å². The molecule has 253 valence electrons. The van der Waals surface area contributed by atoms with E-state index in [-0.39, 0.29) is 23.2 Å². The Morgan fingerprint density at radius 1 is 1.20 bits per heavy atom. The van der Waals surface area contributed by atoms with Crippen molar-refractivity contribution in [3.8, 4) is 0 Å². The number of carbonyl (C=O) groups is 2. The second-order valence-corrected chi connectivity index (χ2v) is 14.4. The van der Waals surface area contributed by atoms with E-state index in [2.05, 4.69) is 17.6 Å². The number of likely N-dealkylation sites (N-methyl/N-ethyl adjacent to an activating group) is 1. The van der Waals surface area contributed by atoms with E-state index in [0.29, 0.717) is 12.3 Å². The summed E-state index contributed by atoms with van der Waals surface area (Å²) in [6.07, 6.45) is 0.379. The van der Waals surface area contributed by atoms with Gasteiger partial charge in [0.05, 0.1) is 40.6 Å². The number of hydrogen-bond acceptors (Lipinski definition) is 10. The highest BCUT2D eigenvalue weighted by molar-refractivity contribution is 7.99. The van der Waals surface area contributed by atoms with Crippen LogP contribution in [-0.2, 0) is 14.3 Å². The average molecular weight is 713 g/mol. The number of non-ortho nitro benzene ring substituents is 1. The van der Waals surface area contributed by atoms with Crippen LogP contribution in [0.15, 0.2) is 24.3 Å². The zero-order chi connectivity index (χ0) is 33.6. The van der Waals surface area contributed by atoms with Crippen molar-refractivity contribution in [3.05, 3.63) is 46.4 Å². The van der Waals surface area contributed by atoms with Gasteiger partial charge in [-0.3, -0.25) is 24.6 Å². The highest BCUT2D eigenvalue weighted by atomic mass is 35.5. The minimum atomic E-state index is -1.52. The number of ether oxygens (including phenoxy) is 1. The maximum absolute atomic E-state index is 13.4. The van der Waals surface area contributed by atoms with Crippen LogP contribution in [0.5, 0.6) is 0 Å². The molecule has 11 atom stereocenters. The van der Waals surface area contributed by atoms with Gasteiger partial charge in [-0.05, 0) is 63.1 Å². The summed E-state index contributed by atoms with van der Waals surface area (Å²) in [5.74, 6) is -1.62. The summed E-state index contributed by atoms with van der Waals surface area (Å²) in [6.45, 7) is 4.58. The first-order valence-corrected chi connectivity index (χ1v) is 17.3. The average Bonchev–Trinajstić information content (AvgIpc) is 3.37. The first-order chi connectivity index (χ1) is 21.2.